The molecule has 0 aromatic rings. The van der Waals surface area contributed by atoms with Gasteiger partial charge in [0.05, 0.1) is 6.61 Å². The topological polar surface area (TPSA) is 44.8 Å². The first-order valence-corrected chi connectivity index (χ1v) is 10.5. The summed E-state index contributed by atoms with van der Waals surface area (Å²) in [5, 5.41) is 3.16. The van der Waals surface area contributed by atoms with Gasteiger partial charge in [-0.3, -0.25) is 0 Å². The van der Waals surface area contributed by atoms with Gasteiger partial charge >= 0.3 is 6.03 Å². The fourth-order valence-corrected chi connectivity index (χ4v) is 4.52. The molecule has 3 rings (SSSR count). The molecule has 0 bridgehead atoms. The molecular formula is C20H37N3O2. The molecule has 0 aromatic carbocycles. The van der Waals surface area contributed by atoms with E-state index in [2.05, 4.69) is 29.0 Å². The largest absolute Gasteiger partial charge is 0.381 e. The molecule has 2 heterocycles. The second-order valence-corrected chi connectivity index (χ2v) is 8.76. The van der Waals surface area contributed by atoms with Crippen molar-refractivity contribution in [2.24, 2.45) is 17.8 Å². The summed E-state index contributed by atoms with van der Waals surface area (Å²) >= 11 is 0. The molecule has 3 fully saturated rings. The Bertz CT molecular complexity index is 411. The number of hydrogen-bond acceptors (Lipinski definition) is 3. The SMILES string of the molecule is CC1CC(C)CN(CCCCNC(=O)N(CC2CCOC2)C2CC2)C1. The van der Waals surface area contributed by atoms with E-state index in [4.69, 9.17) is 4.74 Å². The Hall–Kier alpha value is -0.810. The number of nitrogens with zero attached hydrogens (tertiary/aromatic N) is 2. The summed E-state index contributed by atoms with van der Waals surface area (Å²) in [5.41, 5.74) is 0. The maximum atomic E-state index is 12.5. The Labute approximate surface area is 153 Å². The number of carbonyl (C=O) groups excluding carboxylic acids is 1. The summed E-state index contributed by atoms with van der Waals surface area (Å²) in [5.74, 6) is 2.19. The number of carbonyl (C=O) groups is 1. The lowest BCUT2D eigenvalue weighted by Crippen LogP contribution is -2.44. The second-order valence-electron chi connectivity index (χ2n) is 8.76. The Kier molecular flexibility index (Phi) is 7.00. The van der Waals surface area contributed by atoms with Crippen LogP contribution in [0.15, 0.2) is 0 Å². The lowest BCUT2D eigenvalue weighted by molar-refractivity contribution is 0.138. The van der Waals surface area contributed by atoms with Crippen LogP contribution >= 0.6 is 0 Å². The van der Waals surface area contributed by atoms with E-state index >= 15 is 0 Å². The Morgan fingerprint density at radius 2 is 1.92 bits per heavy atom. The van der Waals surface area contributed by atoms with Crippen LogP contribution in [0.3, 0.4) is 0 Å². The van der Waals surface area contributed by atoms with Gasteiger partial charge in [0.1, 0.15) is 0 Å². The van der Waals surface area contributed by atoms with Crippen LogP contribution in [0, 0.1) is 17.8 Å². The van der Waals surface area contributed by atoms with Gasteiger partial charge in [-0.1, -0.05) is 13.8 Å². The summed E-state index contributed by atoms with van der Waals surface area (Å²) in [7, 11) is 0. The molecule has 1 N–H and O–H groups in total. The summed E-state index contributed by atoms with van der Waals surface area (Å²) in [6, 6.07) is 0.631. The summed E-state index contributed by atoms with van der Waals surface area (Å²) in [6.45, 7) is 11.8. The van der Waals surface area contributed by atoms with Crippen molar-refractivity contribution in [2.75, 3.05) is 45.9 Å². The number of hydrogen-bond donors (Lipinski definition) is 1. The van der Waals surface area contributed by atoms with E-state index in [0.29, 0.717) is 12.0 Å². The number of unbranched alkanes of at least 4 members (excludes halogenated alkanes) is 1. The molecule has 0 radical (unpaired) electrons. The molecule has 1 saturated carbocycles. The van der Waals surface area contributed by atoms with E-state index in [1.54, 1.807) is 0 Å². The van der Waals surface area contributed by atoms with Crippen LogP contribution in [0.1, 0.15) is 52.4 Å². The third kappa shape index (κ3) is 6.14. The van der Waals surface area contributed by atoms with E-state index in [0.717, 1.165) is 51.0 Å². The molecule has 5 nitrogen and oxygen atoms in total. The minimum absolute atomic E-state index is 0.148. The van der Waals surface area contributed by atoms with Crippen LogP contribution in [-0.4, -0.2) is 67.8 Å². The highest BCUT2D eigenvalue weighted by molar-refractivity contribution is 5.74. The van der Waals surface area contributed by atoms with E-state index in [9.17, 15) is 4.79 Å². The van der Waals surface area contributed by atoms with Crippen LogP contribution in [0.4, 0.5) is 4.79 Å². The van der Waals surface area contributed by atoms with E-state index < -0.39 is 0 Å². The summed E-state index contributed by atoms with van der Waals surface area (Å²) < 4.78 is 5.46. The predicted octanol–water partition coefficient (Wildman–Crippen LogP) is 2.96. The molecule has 2 aliphatic heterocycles. The van der Waals surface area contributed by atoms with Crippen molar-refractivity contribution in [3.8, 4) is 0 Å². The third-order valence-electron chi connectivity index (χ3n) is 5.85. The first-order chi connectivity index (χ1) is 12.1. The zero-order valence-electron chi connectivity index (χ0n) is 16.2. The molecule has 144 valence electrons. The van der Waals surface area contributed by atoms with Gasteiger partial charge in [0, 0.05) is 44.7 Å². The highest BCUT2D eigenvalue weighted by Crippen LogP contribution is 2.29. The quantitative estimate of drug-likeness (QED) is 0.684. The van der Waals surface area contributed by atoms with Crippen molar-refractivity contribution in [3.05, 3.63) is 0 Å². The predicted molar refractivity (Wildman–Crippen MR) is 101 cm³/mol. The fourth-order valence-electron chi connectivity index (χ4n) is 4.52. The van der Waals surface area contributed by atoms with Gasteiger partial charge in [-0.2, -0.15) is 0 Å². The van der Waals surface area contributed by atoms with Gasteiger partial charge in [0.2, 0.25) is 0 Å². The lowest BCUT2D eigenvalue weighted by atomic mass is 9.92. The molecule has 2 saturated heterocycles. The molecule has 5 heteroatoms. The minimum Gasteiger partial charge on any atom is -0.381 e. The van der Waals surface area contributed by atoms with E-state index in [-0.39, 0.29) is 6.03 Å². The van der Waals surface area contributed by atoms with Crippen LogP contribution in [0.2, 0.25) is 0 Å². The standard InChI is InChI=1S/C20H37N3O2/c1-16-11-17(2)13-22(12-16)9-4-3-8-21-20(24)23(19-5-6-19)14-18-7-10-25-15-18/h16-19H,3-15H2,1-2H3,(H,21,24). The van der Waals surface area contributed by atoms with Gasteiger partial charge in [0.25, 0.3) is 0 Å². The minimum atomic E-state index is 0.148. The number of piperidine rings is 1. The Balaban J connectivity index is 1.30. The van der Waals surface area contributed by atoms with Crippen molar-refractivity contribution < 1.29 is 9.53 Å². The van der Waals surface area contributed by atoms with Crippen molar-refractivity contribution in [3.63, 3.8) is 0 Å². The van der Waals surface area contributed by atoms with Gasteiger partial charge in [0.15, 0.2) is 0 Å². The average Bonchev–Trinajstić information content (AvgIpc) is 3.27. The van der Waals surface area contributed by atoms with Crippen molar-refractivity contribution in [1.82, 2.24) is 15.1 Å². The highest BCUT2D eigenvalue weighted by atomic mass is 16.5. The van der Waals surface area contributed by atoms with Crippen LogP contribution < -0.4 is 5.32 Å². The van der Waals surface area contributed by atoms with E-state index in [1.165, 1.54) is 45.3 Å². The summed E-state index contributed by atoms with van der Waals surface area (Å²) in [6.07, 6.45) is 7.08. The van der Waals surface area contributed by atoms with Gasteiger partial charge in [-0.15, -0.1) is 0 Å². The number of rotatable bonds is 8. The molecule has 3 atom stereocenters. The van der Waals surface area contributed by atoms with Crippen LogP contribution in [0.5, 0.6) is 0 Å². The molecule has 2 amide bonds. The zero-order chi connectivity index (χ0) is 17.6. The molecular weight excluding hydrogens is 314 g/mol. The Morgan fingerprint density at radius 3 is 2.56 bits per heavy atom. The normalized spacial score (nSPS) is 30.4. The number of ether oxygens (including phenoxy) is 1. The van der Waals surface area contributed by atoms with Crippen LogP contribution in [0.25, 0.3) is 0 Å². The van der Waals surface area contributed by atoms with E-state index in [1.807, 2.05) is 0 Å². The average molecular weight is 352 g/mol. The van der Waals surface area contributed by atoms with Gasteiger partial charge in [-0.25, -0.2) is 4.79 Å². The highest BCUT2D eigenvalue weighted by Gasteiger charge is 2.34. The maximum Gasteiger partial charge on any atom is 0.317 e. The molecule has 0 aromatic heterocycles. The van der Waals surface area contributed by atoms with Crippen molar-refractivity contribution in [1.29, 1.82) is 0 Å². The van der Waals surface area contributed by atoms with Crippen molar-refractivity contribution in [2.45, 2.75) is 58.4 Å². The van der Waals surface area contributed by atoms with Gasteiger partial charge < -0.3 is 19.9 Å². The second kappa shape index (κ2) is 9.22. The van der Waals surface area contributed by atoms with Crippen molar-refractivity contribution >= 4 is 6.03 Å². The fraction of sp³-hybridized carbons (Fsp3) is 0.950. The Morgan fingerprint density at radius 1 is 1.16 bits per heavy atom. The monoisotopic (exact) mass is 351 g/mol. The first-order valence-electron chi connectivity index (χ1n) is 10.5. The van der Waals surface area contributed by atoms with Crippen LogP contribution in [-0.2, 0) is 4.74 Å². The molecule has 3 unspecified atom stereocenters. The number of likely N-dealkylation sites (tertiary alicyclic amines) is 1. The number of urea groups is 1. The molecule has 0 spiro atoms. The smallest absolute Gasteiger partial charge is 0.317 e. The maximum absolute atomic E-state index is 12.5. The zero-order valence-corrected chi connectivity index (χ0v) is 16.2. The summed E-state index contributed by atoms with van der Waals surface area (Å²) in [4.78, 5) is 17.2. The number of amides is 2. The third-order valence-corrected chi connectivity index (χ3v) is 5.85. The molecule has 25 heavy (non-hydrogen) atoms. The first kappa shape index (κ1) is 19.0. The number of nitrogens with one attached hydrogen (secondary N) is 1. The molecule has 3 aliphatic rings. The van der Waals surface area contributed by atoms with Gasteiger partial charge in [-0.05, 0) is 56.9 Å². The molecule has 1 aliphatic carbocycles. The lowest BCUT2D eigenvalue weighted by Gasteiger charge is -2.35.